The van der Waals surface area contributed by atoms with Gasteiger partial charge in [0.25, 0.3) is 0 Å². The van der Waals surface area contributed by atoms with Crippen molar-refractivity contribution < 1.29 is 4.74 Å². The molecule has 1 saturated heterocycles. The molecular weight excluding hydrogens is 382 g/mol. The van der Waals surface area contributed by atoms with E-state index in [4.69, 9.17) is 4.74 Å². The van der Waals surface area contributed by atoms with Crippen molar-refractivity contribution in [3.63, 3.8) is 0 Å². The minimum absolute atomic E-state index is 0.664. The monoisotopic (exact) mass is 401 g/mol. The van der Waals surface area contributed by atoms with Crippen LogP contribution in [-0.2, 0) is 0 Å². The van der Waals surface area contributed by atoms with Crippen LogP contribution in [0.2, 0.25) is 0 Å². The molecule has 3 aromatic heterocycles. The van der Waals surface area contributed by atoms with Gasteiger partial charge in [-0.05, 0) is 47.9 Å². The highest BCUT2D eigenvalue weighted by Gasteiger charge is 2.10. The van der Waals surface area contributed by atoms with Crippen molar-refractivity contribution in [2.45, 2.75) is 19.3 Å². The van der Waals surface area contributed by atoms with Gasteiger partial charge in [0.1, 0.15) is 6.61 Å². The molecule has 0 amide bonds. The molecule has 0 bridgehead atoms. The third-order valence-electron chi connectivity index (χ3n) is 4.49. The summed E-state index contributed by atoms with van der Waals surface area (Å²) in [5, 5.41) is 4.26. The van der Waals surface area contributed by atoms with Crippen molar-refractivity contribution in [1.82, 2.24) is 24.5 Å². The van der Waals surface area contributed by atoms with Gasteiger partial charge < -0.3 is 4.74 Å². The van der Waals surface area contributed by atoms with Gasteiger partial charge >= 0.3 is 0 Å². The first kappa shape index (κ1) is 16.5. The van der Waals surface area contributed by atoms with Crippen LogP contribution in [0.5, 0.6) is 5.88 Å². The number of fused-ring (bicyclic) bond motifs is 1. The normalized spacial score (nSPS) is 15.6. The zero-order valence-corrected chi connectivity index (χ0v) is 15.5. The molecule has 0 spiro atoms. The first-order valence-corrected chi connectivity index (χ1v) is 9.39. The summed E-state index contributed by atoms with van der Waals surface area (Å²) in [6.45, 7) is 4.03. The van der Waals surface area contributed by atoms with Gasteiger partial charge in [0, 0.05) is 42.3 Å². The Bertz CT molecular complexity index is 842. The molecule has 3 aromatic rings. The van der Waals surface area contributed by atoms with Crippen molar-refractivity contribution in [1.29, 1.82) is 0 Å². The number of hydrogen-bond acceptors (Lipinski definition) is 5. The van der Waals surface area contributed by atoms with Crippen LogP contribution in [0.1, 0.15) is 19.3 Å². The van der Waals surface area contributed by atoms with Crippen molar-refractivity contribution in [3.05, 3.63) is 41.4 Å². The molecule has 25 heavy (non-hydrogen) atoms. The van der Waals surface area contributed by atoms with Crippen LogP contribution in [0.15, 0.2) is 41.4 Å². The third kappa shape index (κ3) is 3.82. The number of nitrogens with zero attached hydrogens (tertiary/aromatic N) is 5. The Balaban J connectivity index is 1.38. The molecule has 0 aromatic carbocycles. The lowest BCUT2D eigenvalue weighted by molar-refractivity contribution is 0.180. The van der Waals surface area contributed by atoms with E-state index in [1.807, 2.05) is 30.7 Å². The molecule has 4 rings (SSSR count). The Kier molecular flexibility index (Phi) is 4.94. The van der Waals surface area contributed by atoms with Gasteiger partial charge in [-0.15, -0.1) is 0 Å². The van der Waals surface area contributed by atoms with Crippen LogP contribution in [0.25, 0.3) is 16.8 Å². The highest BCUT2D eigenvalue weighted by atomic mass is 79.9. The lowest BCUT2D eigenvalue weighted by Crippen LogP contribution is -2.33. The van der Waals surface area contributed by atoms with Crippen LogP contribution < -0.4 is 4.74 Å². The Morgan fingerprint density at radius 1 is 1.00 bits per heavy atom. The smallest absolute Gasteiger partial charge is 0.213 e. The molecule has 1 fully saturated rings. The summed E-state index contributed by atoms with van der Waals surface area (Å²) in [6, 6.07) is 3.92. The number of pyridine rings is 1. The van der Waals surface area contributed by atoms with Crippen molar-refractivity contribution in [2.24, 2.45) is 0 Å². The maximum absolute atomic E-state index is 5.78. The van der Waals surface area contributed by atoms with E-state index in [1.165, 1.54) is 32.4 Å². The number of aromatic nitrogens is 4. The lowest BCUT2D eigenvalue weighted by Gasteiger charge is -2.26. The van der Waals surface area contributed by atoms with E-state index >= 15 is 0 Å². The van der Waals surface area contributed by atoms with E-state index in [0.29, 0.717) is 12.5 Å². The minimum atomic E-state index is 0.664. The fourth-order valence-electron chi connectivity index (χ4n) is 3.09. The minimum Gasteiger partial charge on any atom is -0.476 e. The maximum Gasteiger partial charge on any atom is 0.213 e. The summed E-state index contributed by atoms with van der Waals surface area (Å²) >= 11 is 3.43. The zero-order chi connectivity index (χ0) is 17.1. The molecule has 130 valence electrons. The third-order valence-corrected chi connectivity index (χ3v) is 5.05. The predicted molar refractivity (Wildman–Crippen MR) is 99.7 cm³/mol. The Morgan fingerprint density at radius 3 is 2.64 bits per heavy atom. The summed E-state index contributed by atoms with van der Waals surface area (Å²) in [7, 11) is 0. The van der Waals surface area contributed by atoms with Gasteiger partial charge in [0.2, 0.25) is 5.88 Å². The number of likely N-dealkylation sites (tertiary alicyclic amines) is 1. The molecule has 0 aliphatic carbocycles. The second-order valence-corrected chi connectivity index (χ2v) is 7.09. The molecule has 0 saturated carbocycles. The molecule has 1 aliphatic rings. The van der Waals surface area contributed by atoms with Gasteiger partial charge in [-0.2, -0.15) is 5.10 Å². The number of rotatable bonds is 5. The summed E-state index contributed by atoms with van der Waals surface area (Å²) in [6.07, 6.45) is 11.3. The number of halogens is 1. The molecule has 6 nitrogen and oxygen atoms in total. The molecule has 0 atom stereocenters. The average molecular weight is 402 g/mol. The maximum atomic E-state index is 5.78. The quantitative estimate of drug-likeness (QED) is 0.655. The second-order valence-electron chi connectivity index (χ2n) is 6.24. The van der Waals surface area contributed by atoms with Crippen LogP contribution >= 0.6 is 15.9 Å². The standard InChI is InChI=1S/C18H20BrN5O/c19-16-12-22-24-13-15(11-21-18(16)24)14-4-5-17(20-10-14)25-9-8-23-6-2-1-3-7-23/h4-5,10-13H,1-3,6-9H2. The van der Waals surface area contributed by atoms with Gasteiger partial charge in [-0.25, -0.2) is 14.5 Å². The molecule has 1 aliphatic heterocycles. The van der Waals surface area contributed by atoms with Crippen LogP contribution in [0.4, 0.5) is 0 Å². The summed E-state index contributed by atoms with van der Waals surface area (Å²) < 4.78 is 8.42. The van der Waals surface area contributed by atoms with Crippen molar-refractivity contribution in [2.75, 3.05) is 26.2 Å². The van der Waals surface area contributed by atoms with E-state index < -0.39 is 0 Å². The highest BCUT2D eigenvalue weighted by Crippen LogP contribution is 2.22. The summed E-state index contributed by atoms with van der Waals surface area (Å²) in [4.78, 5) is 11.3. The fourth-order valence-corrected chi connectivity index (χ4v) is 3.47. The Morgan fingerprint density at radius 2 is 1.84 bits per heavy atom. The molecular formula is C18H20BrN5O. The van der Waals surface area contributed by atoms with E-state index in [0.717, 1.165) is 27.8 Å². The van der Waals surface area contributed by atoms with Gasteiger partial charge in [0.05, 0.1) is 10.7 Å². The van der Waals surface area contributed by atoms with Crippen LogP contribution in [0.3, 0.4) is 0 Å². The largest absolute Gasteiger partial charge is 0.476 e. The zero-order valence-electron chi connectivity index (χ0n) is 13.9. The molecule has 7 heteroatoms. The van der Waals surface area contributed by atoms with Gasteiger partial charge in [-0.1, -0.05) is 6.42 Å². The number of piperidine rings is 1. The SMILES string of the molecule is Brc1cnn2cc(-c3ccc(OCCN4CCCCC4)nc3)cnc12. The number of hydrogen-bond donors (Lipinski definition) is 0. The van der Waals surface area contributed by atoms with Crippen LogP contribution in [-0.4, -0.2) is 50.7 Å². The Hall–Kier alpha value is -1.99. The summed E-state index contributed by atoms with van der Waals surface area (Å²) in [5.74, 6) is 0.664. The fraction of sp³-hybridized carbons (Fsp3) is 0.389. The van der Waals surface area contributed by atoms with E-state index in [-0.39, 0.29) is 0 Å². The number of ether oxygens (including phenoxy) is 1. The average Bonchev–Trinajstić information content (AvgIpc) is 3.04. The predicted octanol–water partition coefficient (Wildman–Crippen LogP) is 3.42. The molecule has 4 heterocycles. The first-order chi connectivity index (χ1) is 12.3. The highest BCUT2D eigenvalue weighted by molar-refractivity contribution is 9.10. The van der Waals surface area contributed by atoms with E-state index in [9.17, 15) is 0 Å². The van der Waals surface area contributed by atoms with Crippen molar-refractivity contribution >= 4 is 21.6 Å². The lowest BCUT2D eigenvalue weighted by atomic mass is 10.1. The van der Waals surface area contributed by atoms with E-state index in [2.05, 4.69) is 35.9 Å². The Labute approximate surface area is 155 Å². The van der Waals surface area contributed by atoms with Gasteiger partial charge in [-0.3, -0.25) is 4.90 Å². The van der Waals surface area contributed by atoms with Gasteiger partial charge in [0.15, 0.2) is 5.65 Å². The summed E-state index contributed by atoms with van der Waals surface area (Å²) in [5.41, 5.74) is 2.76. The molecule has 0 unspecified atom stereocenters. The van der Waals surface area contributed by atoms with E-state index in [1.54, 1.807) is 10.7 Å². The van der Waals surface area contributed by atoms with Crippen molar-refractivity contribution in [3.8, 4) is 17.0 Å². The first-order valence-electron chi connectivity index (χ1n) is 8.60. The topological polar surface area (TPSA) is 55.6 Å². The molecule has 0 radical (unpaired) electrons. The molecule has 0 N–H and O–H groups in total. The second kappa shape index (κ2) is 7.49. The van der Waals surface area contributed by atoms with Crippen LogP contribution in [0, 0.1) is 0 Å².